The number of likely N-dealkylation sites (tertiary alicyclic amines) is 2. The molecular formula is C15H28N2O2. The number of nitrogens with zero attached hydrogens (tertiary/aromatic N) is 2. The van der Waals surface area contributed by atoms with Crippen LogP contribution in [0.5, 0.6) is 0 Å². The number of carboxylic acid groups (broad SMARTS) is 1. The van der Waals surface area contributed by atoms with Crippen LogP contribution < -0.4 is 0 Å². The van der Waals surface area contributed by atoms with Gasteiger partial charge in [-0.25, -0.2) is 0 Å². The topological polar surface area (TPSA) is 43.8 Å². The van der Waals surface area contributed by atoms with Crippen LogP contribution in [0.3, 0.4) is 0 Å². The largest absolute Gasteiger partial charge is 0.481 e. The third-order valence-electron chi connectivity index (χ3n) is 4.46. The third-order valence-corrected chi connectivity index (χ3v) is 4.46. The van der Waals surface area contributed by atoms with E-state index in [0.29, 0.717) is 0 Å². The van der Waals surface area contributed by atoms with E-state index in [0.717, 1.165) is 25.6 Å². The van der Waals surface area contributed by atoms with Crippen LogP contribution in [0.1, 0.15) is 44.9 Å². The summed E-state index contributed by atoms with van der Waals surface area (Å²) in [4.78, 5) is 15.6. The smallest absolute Gasteiger partial charge is 0.304 e. The van der Waals surface area contributed by atoms with Crippen molar-refractivity contribution in [2.75, 3.05) is 39.3 Å². The van der Waals surface area contributed by atoms with Crippen LogP contribution in [0.4, 0.5) is 0 Å². The second kappa shape index (κ2) is 7.85. The van der Waals surface area contributed by atoms with Gasteiger partial charge < -0.3 is 14.9 Å². The summed E-state index contributed by atoms with van der Waals surface area (Å²) >= 11 is 0. The number of rotatable bonds is 5. The van der Waals surface area contributed by atoms with Crippen LogP contribution in [0.25, 0.3) is 0 Å². The first-order valence-corrected chi connectivity index (χ1v) is 7.90. The maximum atomic E-state index is 10.6. The second-order valence-electron chi connectivity index (χ2n) is 6.17. The van der Waals surface area contributed by atoms with Crippen molar-refractivity contribution < 1.29 is 9.90 Å². The average molecular weight is 268 g/mol. The Morgan fingerprint density at radius 2 is 1.68 bits per heavy atom. The fraction of sp³-hybridized carbons (Fsp3) is 0.933. The Labute approximate surface area is 116 Å². The van der Waals surface area contributed by atoms with E-state index in [4.69, 9.17) is 5.11 Å². The van der Waals surface area contributed by atoms with E-state index in [2.05, 4.69) is 9.80 Å². The summed E-state index contributed by atoms with van der Waals surface area (Å²) in [6.07, 6.45) is 8.34. The summed E-state index contributed by atoms with van der Waals surface area (Å²) in [5.74, 6) is 0.0790. The predicted octanol–water partition coefficient (Wildman–Crippen LogP) is 2.05. The number of hydrogen-bond donors (Lipinski definition) is 1. The fourth-order valence-electron chi connectivity index (χ4n) is 3.44. The number of carboxylic acids is 1. The molecule has 2 rings (SSSR count). The highest BCUT2D eigenvalue weighted by molar-refractivity contribution is 5.66. The summed E-state index contributed by atoms with van der Waals surface area (Å²) < 4.78 is 0. The van der Waals surface area contributed by atoms with Gasteiger partial charge in [-0.05, 0) is 51.2 Å². The minimum Gasteiger partial charge on any atom is -0.481 e. The van der Waals surface area contributed by atoms with Gasteiger partial charge in [-0.15, -0.1) is 0 Å². The molecule has 2 fully saturated rings. The lowest BCUT2D eigenvalue weighted by atomic mass is 9.97. The molecule has 110 valence electrons. The van der Waals surface area contributed by atoms with Gasteiger partial charge >= 0.3 is 5.97 Å². The Hall–Kier alpha value is -0.610. The molecule has 2 heterocycles. The van der Waals surface area contributed by atoms with Gasteiger partial charge in [-0.2, -0.15) is 0 Å². The van der Waals surface area contributed by atoms with Gasteiger partial charge in [0.05, 0.1) is 6.42 Å². The Kier molecular flexibility index (Phi) is 6.11. The minimum atomic E-state index is -0.672. The highest BCUT2D eigenvalue weighted by Gasteiger charge is 2.22. The molecular weight excluding hydrogens is 240 g/mol. The fourth-order valence-corrected chi connectivity index (χ4v) is 3.44. The lowest BCUT2D eigenvalue weighted by molar-refractivity contribution is -0.137. The molecule has 0 aromatic rings. The van der Waals surface area contributed by atoms with Crippen LogP contribution in [0, 0.1) is 5.92 Å². The summed E-state index contributed by atoms with van der Waals surface area (Å²) in [5, 5.41) is 8.77. The maximum absolute atomic E-state index is 10.6. The molecule has 0 aliphatic carbocycles. The third kappa shape index (κ3) is 5.49. The second-order valence-corrected chi connectivity index (χ2v) is 6.17. The molecule has 0 spiro atoms. The zero-order chi connectivity index (χ0) is 13.5. The van der Waals surface area contributed by atoms with Gasteiger partial charge in [0.2, 0.25) is 0 Å². The predicted molar refractivity (Wildman–Crippen MR) is 76.3 cm³/mol. The molecule has 4 heteroatoms. The lowest BCUT2D eigenvalue weighted by Crippen LogP contribution is -2.42. The van der Waals surface area contributed by atoms with Gasteiger partial charge in [-0.1, -0.05) is 12.8 Å². The molecule has 0 bridgehead atoms. The molecule has 0 radical (unpaired) electrons. The minimum absolute atomic E-state index is 0.288. The first-order valence-electron chi connectivity index (χ1n) is 7.90. The number of aliphatic carboxylic acids is 1. The number of hydrogen-bond acceptors (Lipinski definition) is 3. The van der Waals surface area contributed by atoms with Crippen LogP contribution in [-0.2, 0) is 4.79 Å². The van der Waals surface area contributed by atoms with Gasteiger partial charge in [0.15, 0.2) is 0 Å². The average Bonchev–Trinajstić information content (AvgIpc) is 2.65. The zero-order valence-corrected chi connectivity index (χ0v) is 12.0. The SMILES string of the molecule is O=C(O)CCN1CCC[C@H](CN2CCCCCC2)C1. The Balaban J connectivity index is 1.72. The molecule has 0 unspecified atom stereocenters. The van der Waals surface area contributed by atoms with E-state index in [1.807, 2.05) is 0 Å². The summed E-state index contributed by atoms with van der Waals surface area (Å²) in [6, 6.07) is 0. The molecule has 19 heavy (non-hydrogen) atoms. The first kappa shape index (κ1) is 14.8. The highest BCUT2D eigenvalue weighted by Crippen LogP contribution is 2.19. The Morgan fingerprint density at radius 3 is 2.37 bits per heavy atom. The van der Waals surface area contributed by atoms with E-state index in [9.17, 15) is 4.79 Å². The quantitative estimate of drug-likeness (QED) is 0.829. The number of carbonyl (C=O) groups is 1. The number of piperidine rings is 1. The van der Waals surface area contributed by atoms with E-state index in [1.165, 1.54) is 58.2 Å². The van der Waals surface area contributed by atoms with E-state index in [-0.39, 0.29) is 6.42 Å². The van der Waals surface area contributed by atoms with Gasteiger partial charge in [-0.3, -0.25) is 4.79 Å². The van der Waals surface area contributed by atoms with E-state index in [1.54, 1.807) is 0 Å². The molecule has 1 N–H and O–H groups in total. The molecule has 2 aliphatic heterocycles. The van der Waals surface area contributed by atoms with Gasteiger partial charge in [0.25, 0.3) is 0 Å². The maximum Gasteiger partial charge on any atom is 0.304 e. The van der Waals surface area contributed by atoms with Crippen molar-refractivity contribution in [1.82, 2.24) is 9.80 Å². The molecule has 2 saturated heterocycles. The molecule has 0 aromatic heterocycles. The van der Waals surface area contributed by atoms with E-state index < -0.39 is 5.97 Å². The monoisotopic (exact) mass is 268 g/mol. The van der Waals surface area contributed by atoms with Crippen LogP contribution >= 0.6 is 0 Å². The molecule has 0 amide bonds. The van der Waals surface area contributed by atoms with E-state index >= 15 is 0 Å². The molecule has 2 aliphatic rings. The Bertz CT molecular complexity index is 275. The van der Waals surface area contributed by atoms with Crippen molar-refractivity contribution in [2.24, 2.45) is 5.92 Å². The van der Waals surface area contributed by atoms with Crippen LogP contribution in [-0.4, -0.2) is 60.1 Å². The Morgan fingerprint density at radius 1 is 1.00 bits per heavy atom. The van der Waals surface area contributed by atoms with Crippen molar-refractivity contribution in [2.45, 2.75) is 44.9 Å². The standard InChI is InChI=1S/C15H28N2O2/c18-15(19)7-11-17-10-5-6-14(13-17)12-16-8-3-1-2-4-9-16/h14H,1-13H2,(H,18,19)/t14-/m1/s1. The summed E-state index contributed by atoms with van der Waals surface area (Å²) in [7, 11) is 0. The van der Waals surface area contributed by atoms with Crippen molar-refractivity contribution in [3.05, 3.63) is 0 Å². The van der Waals surface area contributed by atoms with Crippen molar-refractivity contribution >= 4 is 5.97 Å². The summed E-state index contributed by atoms with van der Waals surface area (Å²) in [5.41, 5.74) is 0. The van der Waals surface area contributed by atoms with Gasteiger partial charge in [0.1, 0.15) is 0 Å². The summed E-state index contributed by atoms with van der Waals surface area (Å²) in [6.45, 7) is 6.68. The van der Waals surface area contributed by atoms with Crippen molar-refractivity contribution in [3.63, 3.8) is 0 Å². The van der Waals surface area contributed by atoms with Gasteiger partial charge in [0, 0.05) is 19.6 Å². The molecule has 1 atom stereocenters. The van der Waals surface area contributed by atoms with Crippen LogP contribution in [0.15, 0.2) is 0 Å². The highest BCUT2D eigenvalue weighted by atomic mass is 16.4. The first-order chi connectivity index (χ1) is 9.24. The zero-order valence-electron chi connectivity index (χ0n) is 12.0. The lowest BCUT2D eigenvalue weighted by Gasteiger charge is -2.35. The van der Waals surface area contributed by atoms with Crippen molar-refractivity contribution in [1.29, 1.82) is 0 Å². The molecule has 0 saturated carbocycles. The van der Waals surface area contributed by atoms with Crippen LogP contribution in [0.2, 0.25) is 0 Å². The molecule has 0 aromatic carbocycles. The molecule has 4 nitrogen and oxygen atoms in total. The normalized spacial score (nSPS) is 27.1. The van der Waals surface area contributed by atoms with Crippen molar-refractivity contribution in [3.8, 4) is 0 Å².